The summed E-state index contributed by atoms with van der Waals surface area (Å²) in [7, 11) is 1.60. The van der Waals surface area contributed by atoms with Crippen molar-refractivity contribution >= 4 is 28.9 Å². The minimum atomic E-state index is -0.150. The maximum Gasteiger partial charge on any atom is 0.251 e. The van der Waals surface area contributed by atoms with Gasteiger partial charge in [0.25, 0.3) is 5.56 Å². The first-order chi connectivity index (χ1) is 12.5. The van der Waals surface area contributed by atoms with E-state index >= 15 is 0 Å². The van der Waals surface area contributed by atoms with Gasteiger partial charge in [0.15, 0.2) is 5.75 Å². The van der Waals surface area contributed by atoms with E-state index in [4.69, 9.17) is 38.4 Å². The van der Waals surface area contributed by atoms with Gasteiger partial charge in [-0.05, 0) is 35.9 Å². The van der Waals surface area contributed by atoms with E-state index in [-0.39, 0.29) is 11.3 Å². The number of halogens is 2. The quantitative estimate of drug-likeness (QED) is 0.647. The highest BCUT2D eigenvalue weighted by atomic mass is 35.5. The topological polar surface area (TPSA) is 66.5 Å². The second-order valence-corrected chi connectivity index (χ2v) is 6.41. The molecular formula is C19H16Cl2N2O3. The van der Waals surface area contributed by atoms with Crippen molar-refractivity contribution in [1.82, 2.24) is 4.57 Å². The van der Waals surface area contributed by atoms with Crippen molar-refractivity contribution in [2.24, 2.45) is 0 Å². The lowest BCUT2D eigenvalue weighted by Crippen LogP contribution is -2.18. The predicted molar refractivity (Wildman–Crippen MR) is 104 cm³/mol. The first kappa shape index (κ1) is 18.2. The summed E-state index contributed by atoms with van der Waals surface area (Å²) in [6.07, 6.45) is 1.61. The Bertz CT molecular complexity index is 962. The number of nitrogens with two attached hydrogens (primary N) is 1. The van der Waals surface area contributed by atoms with Gasteiger partial charge in [0.05, 0.1) is 29.9 Å². The lowest BCUT2D eigenvalue weighted by Gasteiger charge is -2.12. The number of hydrogen-bond donors (Lipinski definition) is 1. The third kappa shape index (κ3) is 4.12. The van der Waals surface area contributed by atoms with Gasteiger partial charge in [-0.1, -0.05) is 35.3 Å². The number of benzene rings is 2. The Morgan fingerprint density at radius 2 is 1.62 bits per heavy atom. The molecule has 0 saturated carbocycles. The summed E-state index contributed by atoms with van der Waals surface area (Å²) in [6, 6.07) is 13.6. The normalized spacial score (nSPS) is 10.6. The number of hydrogen-bond acceptors (Lipinski definition) is 4. The molecule has 0 fully saturated rings. The van der Waals surface area contributed by atoms with Crippen molar-refractivity contribution in [2.75, 3.05) is 12.8 Å². The van der Waals surface area contributed by atoms with E-state index in [1.165, 1.54) is 10.6 Å². The molecule has 0 aliphatic rings. The molecule has 0 bridgehead atoms. The minimum Gasteiger partial charge on any atom is -0.497 e. The fourth-order valence-corrected chi connectivity index (χ4v) is 3.00. The van der Waals surface area contributed by atoms with Crippen LogP contribution in [0.2, 0.25) is 10.0 Å². The third-order valence-corrected chi connectivity index (χ3v) is 4.27. The van der Waals surface area contributed by atoms with Crippen LogP contribution in [-0.4, -0.2) is 11.7 Å². The number of rotatable bonds is 5. The molecule has 0 spiro atoms. The Balaban J connectivity index is 1.87. The third-order valence-electron chi connectivity index (χ3n) is 3.71. The van der Waals surface area contributed by atoms with Crippen LogP contribution in [0.4, 0.5) is 5.69 Å². The molecule has 7 heteroatoms. The first-order valence-corrected chi connectivity index (χ1v) is 8.47. The van der Waals surface area contributed by atoms with Gasteiger partial charge in [0, 0.05) is 11.8 Å². The Morgan fingerprint density at radius 3 is 2.23 bits per heavy atom. The predicted octanol–water partition coefficient (Wildman–Crippen LogP) is 4.59. The number of methoxy groups -OCH3 is 1. The fraction of sp³-hybridized carbons (Fsp3) is 0.105. The van der Waals surface area contributed by atoms with E-state index < -0.39 is 0 Å². The number of pyridine rings is 1. The number of nitrogen functional groups attached to an aromatic ring is 1. The van der Waals surface area contributed by atoms with Crippen LogP contribution in [0.3, 0.4) is 0 Å². The van der Waals surface area contributed by atoms with E-state index in [1.54, 1.807) is 31.5 Å². The second-order valence-electron chi connectivity index (χ2n) is 5.59. The average molecular weight is 391 g/mol. The smallest absolute Gasteiger partial charge is 0.251 e. The van der Waals surface area contributed by atoms with Crippen molar-refractivity contribution in [3.05, 3.63) is 80.7 Å². The van der Waals surface area contributed by atoms with E-state index in [1.807, 2.05) is 24.3 Å². The van der Waals surface area contributed by atoms with Crippen LogP contribution in [-0.2, 0) is 6.54 Å². The fourth-order valence-electron chi connectivity index (χ4n) is 2.42. The molecule has 3 aromatic rings. The molecule has 1 aromatic heterocycles. The maximum absolute atomic E-state index is 12.1. The highest BCUT2D eigenvalue weighted by Crippen LogP contribution is 2.37. The largest absolute Gasteiger partial charge is 0.497 e. The molecule has 0 aliphatic carbocycles. The van der Waals surface area contributed by atoms with Crippen molar-refractivity contribution < 1.29 is 9.47 Å². The molecule has 0 unspecified atom stereocenters. The molecule has 0 radical (unpaired) electrons. The van der Waals surface area contributed by atoms with E-state index in [0.717, 1.165) is 11.3 Å². The van der Waals surface area contributed by atoms with Crippen LogP contribution in [0.5, 0.6) is 17.2 Å². The van der Waals surface area contributed by atoms with Gasteiger partial charge in [0.2, 0.25) is 0 Å². The van der Waals surface area contributed by atoms with Gasteiger partial charge in [-0.3, -0.25) is 4.79 Å². The highest BCUT2D eigenvalue weighted by Gasteiger charge is 2.11. The van der Waals surface area contributed by atoms with Crippen LogP contribution >= 0.6 is 23.2 Å². The van der Waals surface area contributed by atoms with Gasteiger partial charge in [-0.2, -0.15) is 0 Å². The Kier molecular flexibility index (Phi) is 5.40. The molecule has 3 rings (SSSR count). The Labute approximate surface area is 160 Å². The van der Waals surface area contributed by atoms with E-state index in [9.17, 15) is 4.79 Å². The molecule has 134 valence electrons. The summed E-state index contributed by atoms with van der Waals surface area (Å²) < 4.78 is 12.4. The molecule has 2 aromatic carbocycles. The van der Waals surface area contributed by atoms with Gasteiger partial charge in [-0.25, -0.2) is 0 Å². The van der Waals surface area contributed by atoms with Crippen LogP contribution in [0, 0.1) is 0 Å². The minimum absolute atomic E-state index is 0.150. The van der Waals surface area contributed by atoms with Gasteiger partial charge in [0.1, 0.15) is 11.5 Å². The van der Waals surface area contributed by atoms with Gasteiger partial charge < -0.3 is 19.8 Å². The standard InChI is InChI=1S/C19H16Cl2N2O3/c1-25-14-4-2-12(3-5-14)10-23-11-15(6-7-18(23)24)26-19-16(20)8-13(22)9-17(19)21/h2-9,11H,10,22H2,1H3. The van der Waals surface area contributed by atoms with Gasteiger partial charge in [-0.15, -0.1) is 0 Å². The Hall–Kier alpha value is -2.63. The lowest BCUT2D eigenvalue weighted by molar-refractivity contribution is 0.414. The van der Waals surface area contributed by atoms with Crippen molar-refractivity contribution in [3.8, 4) is 17.2 Å². The number of nitrogens with zero attached hydrogens (tertiary/aromatic N) is 1. The molecule has 26 heavy (non-hydrogen) atoms. The zero-order valence-electron chi connectivity index (χ0n) is 13.9. The van der Waals surface area contributed by atoms with Crippen molar-refractivity contribution in [1.29, 1.82) is 0 Å². The van der Waals surface area contributed by atoms with Crippen LogP contribution in [0.1, 0.15) is 5.56 Å². The highest BCUT2D eigenvalue weighted by molar-refractivity contribution is 6.37. The molecule has 0 saturated heterocycles. The number of anilines is 1. The summed E-state index contributed by atoms with van der Waals surface area (Å²) in [5.74, 6) is 1.48. The molecule has 0 aliphatic heterocycles. The molecular weight excluding hydrogens is 375 g/mol. The second kappa shape index (κ2) is 7.72. The average Bonchev–Trinajstić information content (AvgIpc) is 2.61. The molecule has 1 heterocycles. The number of aromatic nitrogens is 1. The lowest BCUT2D eigenvalue weighted by atomic mass is 10.2. The summed E-state index contributed by atoms with van der Waals surface area (Å²) in [6.45, 7) is 0.392. The van der Waals surface area contributed by atoms with Crippen molar-refractivity contribution in [3.63, 3.8) is 0 Å². The van der Waals surface area contributed by atoms with Crippen molar-refractivity contribution in [2.45, 2.75) is 6.54 Å². The first-order valence-electron chi connectivity index (χ1n) is 7.72. The van der Waals surface area contributed by atoms with Crippen LogP contribution < -0.4 is 20.8 Å². The van der Waals surface area contributed by atoms with E-state index in [2.05, 4.69) is 0 Å². The summed E-state index contributed by atoms with van der Waals surface area (Å²) in [5.41, 5.74) is 6.94. The SMILES string of the molecule is COc1ccc(Cn2cc(Oc3c(Cl)cc(N)cc3Cl)ccc2=O)cc1. The summed E-state index contributed by atoms with van der Waals surface area (Å²) >= 11 is 12.3. The Morgan fingerprint density at radius 1 is 1.00 bits per heavy atom. The van der Waals surface area contributed by atoms with Crippen LogP contribution in [0.15, 0.2) is 59.5 Å². The molecule has 5 nitrogen and oxygen atoms in total. The van der Waals surface area contributed by atoms with E-state index in [0.29, 0.717) is 28.0 Å². The summed E-state index contributed by atoms with van der Waals surface area (Å²) in [5, 5.41) is 0.589. The zero-order valence-corrected chi connectivity index (χ0v) is 15.4. The number of ether oxygens (including phenoxy) is 2. The van der Waals surface area contributed by atoms with Crippen LogP contribution in [0.25, 0.3) is 0 Å². The molecule has 2 N–H and O–H groups in total. The zero-order chi connectivity index (χ0) is 18.7. The maximum atomic E-state index is 12.1. The summed E-state index contributed by atoms with van der Waals surface area (Å²) in [4.78, 5) is 12.1. The monoisotopic (exact) mass is 390 g/mol. The molecule has 0 amide bonds. The molecule has 0 atom stereocenters. The van der Waals surface area contributed by atoms with Gasteiger partial charge >= 0.3 is 0 Å².